The molecule has 1 aromatic heterocycles. The van der Waals surface area contributed by atoms with Gasteiger partial charge in [0.25, 0.3) is 5.56 Å². The fraction of sp³-hybridized carbons (Fsp3) is 0.385. The van der Waals surface area contributed by atoms with E-state index in [0.29, 0.717) is 13.0 Å². The lowest BCUT2D eigenvalue weighted by Crippen LogP contribution is -2.39. The van der Waals surface area contributed by atoms with Crippen molar-refractivity contribution in [1.29, 1.82) is 0 Å². The van der Waals surface area contributed by atoms with E-state index in [-0.39, 0.29) is 17.4 Å². The first-order chi connectivity index (χ1) is 9.77. The molecule has 0 aliphatic carbocycles. The van der Waals surface area contributed by atoms with Crippen LogP contribution in [0, 0.1) is 0 Å². The highest BCUT2D eigenvalue weighted by atomic mass is 19.4. The van der Waals surface area contributed by atoms with Gasteiger partial charge in [-0.15, -0.1) is 0 Å². The van der Waals surface area contributed by atoms with Crippen LogP contribution in [0.2, 0.25) is 0 Å². The van der Waals surface area contributed by atoms with Crippen LogP contribution < -0.4 is 17.0 Å². The molecule has 0 fully saturated rings. The molecular weight excluding hydrogens is 287 g/mol. The third kappa shape index (κ3) is 2.71. The van der Waals surface area contributed by atoms with Gasteiger partial charge in [0.15, 0.2) is 0 Å². The predicted octanol–water partition coefficient (Wildman–Crippen LogP) is 1.07. The molecule has 2 rings (SSSR count). The zero-order chi connectivity index (χ0) is 15.8. The molecule has 2 aromatic rings. The third-order valence-corrected chi connectivity index (χ3v) is 3.27. The van der Waals surface area contributed by atoms with Crippen LogP contribution >= 0.6 is 0 Å². The van der Waals surface area contributed by atoms with Gasteiger partial charge >= 0.3 is 11.9 Å². The predicted molar refractivity (Wildman–Crippen MR) is 72.1 cm³/mol. The van der Waals surface area contributed by atoms with Gasteiger partial charge < -0.3 is 5.73 Å². The molecule has 0 saturated heterocycles. The fourth-order valence-electron chi connectivity index (χ4n) is 2.13. The molecule has 21 heavy (non-hydrogen) atoms. The van der Waals surface area contributed by atoms with Crippen LogP contribution in [0.5, 0.6) is 0 Å². The number of alkyl halides is 3. The normalized spacial score (nSPS) is 12.0. The van der Waals surface area contributed by atoms with Gasteiger partial charge in [0.2, 0.25) is 0 Å². The monoisotopic (exact) mass is 301 g/mol. The minimum Gasteiger partial charge on any atom is -0.330 e. The summed E-state index contributed by atoms with van der Waals surface area (Å²) in [4.78, 5) is 24.3. The number of hydrogen-bond donors (Lipinski definition) is 1. The van der Waals surface area contributed by atoms with Crippen LogP contribution in [0.1, 0.15) is 12.0 Å². The van der Waals surface area contributed by atoms with E-state index < -0.39 is 23.0 Å². The molecule has 1 aromatic carbocycles. The second kappa shape index (κ2) is 5.36. The molecule has 114 valence electrons. The van der Waals surface area contributed by atoms with E-state index in [9.17, 15) is 22.8 Å². The van der Waals surface area contributed by atoms with E-state index in [2.05, 4.69) is 0 Å². The van der Waals surface area contributed by atoms with E-state index in [4.69, 9.17) is 5.73 Å². The first-order valence-corrected chi connectivity index (χ1v) is 6.28. The Morgan fingerprint density at radius 3 is 2.48 bits per heavy atom. The van der Waals surface area contributed by atoms with Gasteiger partial charge in [-0.3, -0.25) is 13.9 Å². The van der Waals surface area contributed by atoms with E-state index in [1.807, 2.05) is 0 Å². The number of fused-ring (bicyclic) bond motifs is 1. The molecule has 5 nitrogen and oxygen atoms in total. The average Bonchev–Trinajstić information content (AvgIpc) is 2.43. The maximum absolute atomic E-state index is 12.7. The molecule has 1 heterocycles. The maximum atomic E-state index is 12.7. The molecule has 0 atom stereocenters. The zero-order valence-electron chi connectivity index (χ0n) is 11.3. The summed E-state index contributed by atoms with van der Waals surface area (Å²) in [6.45, 7) is 0.444. The summed E-state index contributed by atoms with van der Waals surface area (Å²) in [6, 6.07) is 2.74. The molecule has 2 N–H and O–H groups in total. The summed E-state index contributed by atoms with van der Waals surface area (Å²) in [5, 5.41) is 0.0714. The Labute approximate surface area is 117 Å². The molecule has 0 aliphatic rings. The average molecular weight is 301 g/mol. The number of halogens is 3. The lowest BCUT2D eigenvalue weighted by atomic mass is 10.1. The topological polar surface area (TPSA) is 70.0 Å². The molecule has 0 aliphatic heterocycles. The Bertz CT molecular complexity index is 790. The molecule has 0 bridgehead atoms. The number of aromatic nitrogens is 2. The number of hydrogen-bond acceptors (Lipinski definition) is 3. The van der Waals surface area contributed by atoms with Crippen molar-refractivity contribution in [1.82, 2.24) is 9.13 Å². The van der Waals surface area contributed by atoms with Crippen molar-refractivity contribution < 1.29 is 13.2 Å². The van der Waals surface area contributed by atoms with E-state index in [1.165, 1.54) is 7.05 Å². The van der Waals surface area contributed by atoms with Crippen molar-refractivity contribution in [3.8, 4) is 0 Å². The number of benzene rings is 1. The second-order valence-electron chi connectivity index (χ2n) is 4.67. The summed E-state index contributed by atoms with van der Waals surface area (Å²) < 4.78 is 40.2. The summed E-state index contributed by atoms with van der Waals surface area (Å²) in [6.07, 6.45) is -4.10. The van der Waals surface area contributed by atoms with E-state index in [0.717, 1.165) is 27.3 Å². The van der Waals surface area contributed by atoms with Crippen molar-refractivity contribution in [2.24, 2.45) is 12.8 Å². The molecule has 0 unspecified atom stereocenters. The van der Waals surface area contributed by atoms with Crippen LogP contribution in [0.4, 0.5) is 13.2 Å². The van der Waals surface area contributed by atoms with Crippen LogP contribution in [0.15, 0.2) is 27.8 Å². The van der Waals surface area contributed by atoms with Crippen LogP contribution in [0.25, 0.3) is 10.9 Å². The highest BCUT2D eigenvalue weighted by Crippen LogP contribution is 2.30. The molecular formula is C13H14F3N3O2. The van der Waals surface area contributed by atoms with Crippen LogP contribution in [-0.4, -0.2) is 15.7 Å². The quantitative estimate of drug-likeness (QED) is 0.922. The Morgan fingerprint density at radius 1 is 1.24 bits per heavy atom. The van der Waals surface area contributed by atoms with Gasteiger partial charge in [-0.25, -0.2) is 4.79 Å². The molecule has 0 amide bonds. The van der Waals surface area contributed by atoms with Gasteiger partial charge in [0.05, 0.1) is 16.5 Å². The second-order valence-corrected chi connectivity index (χ2v) is 4.67. The molecule has 0 radical (unpaired) electrons. The largest absolute Gasteiger partial charge is 0.416 e. The Balaban J connectivity index is 2.76. The number of rotatable bonds is 3. The highest BCUT2D eigenvalue weighted by Gasteiger charge is 2.31. The molecule has 0 spiro atoms. The Hall–Kier alpha value is -2.09. The number of nitrogens with zero attached hydrogens (tertiary/aromatic N) is 2. The summed E-state index contributed by atoms with van der Waals surface area (Å²) in [5.74, 6) is 0. The lowest BCUT2D eigenvalue weighted by molar-refractivity contribution is -0.137. The van der Waals surface area contributed by atoms with Crippen LogP contribution in [0.3, 0.4) is 0 Å². The van der Waals surface area contributed by atoms with E-state index >= 15 is 0 Å². The van der Waals surface area contributed by atoms with Gasteiger partial charge in [-0.2, -0.15) is 13.2 Å². The Kier molecular flexibility index (Phi) is 3.91. The SMILES string of the molecule is Cn1c(=O)n(CCCN)c(=O)c2ccc(C(F)(F)F)cc21. The smallest absolute Gasteiger partial charge is 0.330 e. The number of nitrogens with two attached hydrogens (primary N) is 1. The first kappa shape index (κ1) is 15.3. The van der Waals surface area contributed by atoms with Crippen molar-refractivity contribution in [3.63, 3.8) is 0 Å². The Morgan fingerprint density at radius 2 is 1.90 bits per heavy atom. The van der Waals surface area contributed by atoms with Crippen molar-refractivity contribution in [2.75, 3.05) is 6.54 Å². The number of aryl methyl sites for hydroxylation is 1. The van der Waals surface area contributed by atoms with Gasteiger partial charge in [0.1, 0.15) is 0 Å². The van der Waals surface area contributed by atoms with Gasteiger partial charge in [0, 0.05) is 13.6 Å². The van der Waals surface area contributed by atoms with Crippen molar-refractivity contribution >= 4 is 10.9 Å². The molecule has 0 saturated carbocycles. The van der Waals surface area contributed by atoms with Gasteiger partial charge in [-0.05, 0) is 31.2 Å². The summed E-state index contributed by atoms with van der Waals surface area (Å²) in [7, 11) is 1.34. The standard InChI is InChI=1S/C13H14F3N3O2/c1-18-10-7-8(13(14,15)16)3-4-9(10)11(20)19(12(18)21)6-2-5-17/h3-4,7H,2,5-6,17H2,1H3. The maximum Gasteiger partial charge on any atom is 0.416 e. The first-order valence-electron chi connectivity index (χ1n) is 6.28. The van der Waals surface area contributed by atoms with Crippen molar-refractivity contribution in [3.05, 3.63) is 44.6 Å². The summed E-state index contributed by atoms with van der Waals surface area (Å²) >= 11 is 0. The highest BCUT2D eigenvalue weighted by molar-refractivity contribution is 5.78. The lowest BCUT2D eigenvalue weighted by Gasteiger charge is -2.12. The summed E-state index contributed by atoms with van der Waals surface area (Å²) in [5.41, 5.74) is 3.15. The van der Waals surface area contributed by atoms with E-state index in [1.54, 1.807) is 0 Å². The minimum atomic E-state index is -4.53. The minimum absolute atomic E-state index is 0.0381. The fourth-order valence-corrected chi connectivity index (χ4v) is 2.13. The van der Waals surface area contributed by atoms with Crippen molar-refractivity contribution in [2.45, 2.75) is 19.1 Å². The van der Waals surface area contributed by atoms with Gasteiger partial charge in [-0.1, -0.05) is 0 Å². The zero-order valence-corrected chi connectivity index (χ0v) is 11.3. The third-order valence-electron chi connectivity index (χ3n) is 3.27. The van der Waals surface area contributed by atoms with Crippen LogP contribution in [-0.2, 0) is 19.8 Å². The molecule has 8 heteroatoms.